The molecule has 1 N–H and O–H groups in total. The van der Waals surface area contributed by atoms with Crippen molar-refractivity contribution in [1.82, 2.24) is 0 Å². The number of fused-ring (bicyclic) bond motifs is 2. The summed E-state index contributed by atoms with van der Waals surface area (Å²) in [4.78, 5) is 39.3. The number of benzene rings is 2. The summed E-state index contributed by atoms with van der Waals surface area (Å²) < 4.78 is 22.2. The molecule has 2 aromatic carbocycles. The van der Waals surface area contributed by atoms with Crippen LogP contribution in [-0.4, -0.2) is 25.6 Å². The maximum atomic E-state index is 13.0. The van der Waals surface area contributed by atoms with Crippen LogP contribution in [0.5, 0.6) is 17.2 Å². The number of hydrogen-bond acceptors (Lipinski definition) is 8. The third-order valence-corrected chi connectivity index (χ3v) is 7.98. The third-order valence-electron chi connectivity index (χ3n) is 6.81. The average molecular weight is 548 g/mol. The second-order valence-corrected chi connectivity index (χ2v) is 10.6. The van der Waals surface area contributed by atoms with Crippen LogP contribution in [0.1, 0.15) is 46.6 Å². The van der Waals surface area contributed by atoms with Crippen molar-refractivity contribution in [3.05, 3.63) is 80.5 Å². The van der Waals surface area contributed by atoms with E-state index in [4.69, 9.17) is 18.6 Å². The topological polar surface area (TPSA) is 104 Å². The second-order valence-electron chi connectivity index (χ2n) is 9.53. The van der Waals surface area contributed by atoms with E-state index in [9.17, 15) is 14.4 Å². The van der Waals surface area contributed by atoms with Gasteiger partial charge in [0.2, 0.25) is 11.2 Å². The molecular formula is C30H29NO7S. The van der Waals surface area contributed by atoms with Gasteiger partial charge in [-0.3, -0.25) is 9.59 Å². The van der Waals surface area contributed by atoms with E-state index in [1.807, 2.05) is 31.2 Å². The largest absolute Gasteiger partial charge is 0.484 e. The van der Waals surface area contributed by atoms with E-state index in [2.05, 4.69) is 12.2 Å². The molecular weight excluding hydrogens is 518 g/mol. The number of amides is 1. The van der Waals surface area contributed by atoms with Gasteiger partial charge in [0.25, 0.3) is 5.91 Å². The zero-order valence-corrected chi connectivity index (χ0v) is 22.8. The van der Waals surface area contributed by atoms with Gasteiger partial charge in [0.1, 0.15) is 28.3 Å². The van der Waals surface area contributed by atoms with E-state index >= 15 is 0 Å². The molecule has 9 heteroatoms. The molecule has 4 aromatic rings. The Bertz CT molecular complexity index is 1600. The summed E-state index contributed by atoms with van der Waals surface area (Å²) in [6, 6.07) is 12.3. The number of rotatable bonds is 8. The van der Waals surface area contributed by atoms with Crippen LogP contribution in [-0.2, 0) is 28.8 Å². The molecule has 1 unspecified atom stereocenters. The Hall–Kier alpha value is -4.11. The molecule has 5 rings (SSSR count). The van der Waals surface area contributed by atoms with Gasteiger partial charge in [0.15, 0.2) is 6.61 Å². The number of anilines is 1. The van der Waals surface area contributed by atoms with Crippen LogP contribution in [0, 0.1) is 5.92 Å². The maximum Gasteiger partial charge on any atom is 0.341 e. The Labute approximate surface area is 229 Å². The highest BCUT2D eigenvalue weighted by molar-refractivity contribution is 7.17. The van der Waals surface area contributed by atoms with Crippen molar-refractivity contribution < 1.29 is 28.2 Å². The first-order valence-electron chi connectivity index (χ1n) is 12.8. The molecule has 1 atom stereocenters. The molecule has 1 aliphatic rings. The normalized spacial score (nSPS) is 14.5. The quantitative estimate of drug-likeness (QED) is 0.264. The molecule has 2 heterocycles. The fourth-order valence-electron chi connectivity index (χ4n) is 4.73. The minimum Gasteiger partial charge on any atom is -0.484 e. The van der Waals surface area contributed by atoms with Crippen molar-refractivity contribution in [3.63, 3.8) is 0 Å². The molecule has 0 bridgehead atoms. The number of ether oxygens (including phenoxy) is 3. The molecule has 8 nitrogen and oxygen atoms in total. The number of hydrogen-bond donors (Lipinski definition) is 1. The maximum absolute atomic E-state index is 13.0. The van der Waals surface area contributed by atoms with Gasteiger partial charge in [-0.25, -0.2) is 4.79 Å². The SMILES string of the molecule is CCc1ccccc1Oc1coc2cc(OCC(=O)Nc3sc4c(c3C(=O)OC)CCC(C)C4)ccc2c1=O. The molecule has 39 heavy (non-hydrogen) atoms. The number of nitrogens with one attached hydrogen (secondary N) is 1. The zero-order chi connectivity index (χ0) is 27.5. The summed E-state index contributed by atoms with van der Waals surface area (Å²) in [5.74, 6) is 0.714. The van der Waals surface area contributed by atoms with Crippen molar-refractivity contribution in [2.45, 2.75) is 39.5 Å². The number of thiophene rings is 1. The van der Waals surface area contributed by atoms with Crippen LogP contribution in [0.15, 0.2) is 57.9 Å². The average Bonchev–Trinajstić information content (AvgIpc) is 3.29. The van der Waals surface area contributed by atoms with Gasteiger partial charge in [0.05, 0.1) is 18.1 Å². The van der Waals surface area contributed by atoms with Gasteiger partial charge in [0, 0.05) is 10.9 Å². The fourth-order valence-corrected chi connectivity index (χ4v) is 6.15. The highest BCUT2D eigenvalue weighted by Crippen LogP contribution is 2.40. The van der Waals surface area contributed by atoms with Crippen LogP contribution in [0.25, 0.3) is 11.0 Å². The molecule has 0 spiro atoms. The highest BCUT2D eigenvalue weighted by Gasteiger charge is 2.29. The smallest absolute Gasteiger partial charge is 0.341 e. The van der Waals surface area contributed by atoms with Gasteiger partial charge in [-0.05, 0) is 60.9 Å². The van der Waals surface area contributed by atoms with E-state index in [1.54, 1.807) is 18.2 Å². The predicted molar refractivity (Wildman–Crippen MR) is 149 cm³/mol. The lowest BCUT2D eigenvalue weighted by Crippen LogP contribution is -2.21. The van der Waals surface area contributed by atoms with Crippen LogP contribution in [0.4, 0.5) is 5.00 Å². The standard InChI is InChI=1S/C30H29NO7S/c1-4-18-7-5-6-8-22(18)38-24-15-37-23-14-19(10-12-20(23)28(24)33)36-16-26(32)31-29-27(30(34)35-3)21-11-9-17(2)13-25(21)39-29/h5-8,10,12,14-15,17H,4,9,11,13,16H2,1-3H3,(H,31,32). The van der Waals surface area contributed by atoms with Crippen molar-refractivity contribution in [1.29, 1.82) is 0 Å². The Kier molecular flexibility index (Phi) is 7.70. The minimum absolute atomic E-state index is 0.0888. The number of methoxy groups -OCH3 is 1. The predicted octanol–water partition coefficient (Wildman–Crippen LogP) is 6.14. The van der Waals surface area contributed by atoms with Crippen LogP contribution < -0.4 is 20.2 Å². The summed E-state index contributed by atoms with van der Waals surface area (Å²) in [7, 11) is 1.34. The Morgan fingerprint density at radius 3 is 2.77 bits per heavy atom. The Morgan fingerprint density at radius 1 is 1.15 bits per heavy atom. The summed E-state index contributed by atoms with van der Waals surface area (Å²) in [6.07, 6.45) is 4.69. The number of para-hydroxylation sites is 1. The molecule has 0 saturated carbocycles. The lowest BCUT2D eigenvalue weighted by atomic mass is 9.88. The Balaban J connectivity index is 1.29. The van der Waals surface area contributed by atoms with Crippen molar-refractivity contribution >= 4 is 39.2 Å². The summed E-state index contributed by atoms with van der Waals surface area (Å²) in [6.45, 7) is 3.90. The summed E-state index contributed by atoms with van der Waals surface area (Å²) >= 11 is 1.42. The minimum atomic E-state index is -0.454. The zero-order valence-electron chi connectivity index (χ0n) is 22.0. The highest BCUT2D eigenvalue weighted by atomic mass is 32.1. The molecule has 2 aromatic heterocycles. The Morgan fingerprint density at radius 2 is 1.97 bits per heavy atom. The van der Waals surface area contributed by atoms with E-state index in [0.717, 1.165) is 41.7 Å². The lowest BCUT2D eigenvalue weighted by Gasteiger charge is -2.18. The number of carbonyl (C=O) groups excluding carboxylic acids is 2. The van der Waals surface area contributed by atoms with Crippen molar-refractivity contribution in [2.24, 2.45) is 5.92 Å². The van der Waals surface area contributed by atoms with Gasteiger partial charge in [-0.15, -0.1) is 11.3 Å². The second kappa shape index (κ2) is 11.3. The van der Waals surface area contributed by atoms with E-state index in [-0.39, 0.29) is 17.8 Å². The monoisotopic (exact) mass is 547 g/mol. The third kappa shape index (κ3) is 5.54. The van der Waals surface area contributed by atoms with Crippen LogP contribution in [0.2, 0.25) is 0 Å². The molecule has 202 valence electrons. The summed E-state index contributed by atoms with van der Waals surface area (Å²) in [5, 5.41) is 3.63. The number of carbonyl (C=O) groups is 2. The van der Waals surface area contributed by atoms with Crippen molar-refractivity contribution in [3.8, 4) is 17.2 Å². The van der Waals surface area contributed by atoms with E-state index in [0.29, 0.717) is 39.0 Å². The van der Waals surface area contributed by atoms with E-state index in [1.165, 1.54) is 24.7 Å². The fraction of sp³-hybridized carbons (Fsp3) is 0.300. The molecule has 1 aliphatic carbocycles. The summed E-state index contributed by atoms with van der Waals surface area (Å²) in [5.41, 5.74) is 2.38. The first-order valence-corrected chi connectivity index (χ1v) is 13.7. The number of aryl methyl sites for hydroxylation is 1. The lowest BCUT2D eigenvalue weighted by molar-refractivity contribution is -0.118. The van der Waals surface area contributed by atoms with Gasteiger partial charge < -0.3 is 23.9 Å². The van der Waals surface area contributed by atoms with Gasteiger partial charge >= 0.3 is 5.97 Å². The van der Waals surface area contributed by atoms with Gasteiger partial charge in [-0.1, -0.05) is 32.0 Å². The van der Waals surface area contributed by atoms with E-state index < -0.39 is 11.9 Å². The molecule has 1 amide bonds. The van der Waals surface area contributed by atoms with Crippen LogP contribution >= 0.6 is 11.3 Å². The molecule has 0 saturated heterocycles. The number of esters is 1. The first-order chi connectivity index (χ1) is 18.9. The molecule has 0 radical (unpaired) electrons. The van der Waals surface area contributed by atoms with Crippen molar-refractivity contribution in [2.75, 3.05) is 19.0 Å². The molecule has 0 aliphatic heterocycles. The van der Waals surface area contributed by atoms with Crippen LogP contribution in [0.3, 0.4) is 0 Å². The molecule has 0 fully saturated rings. The van der Waals surface area contributed by atoms with Gasteiger partial charge in [-0.2, -0.15) is 0 Å². The first kappa shape index (κ1) is 26.5.